The summed E-state index contributed by atoms with van der Waals surface area (Å²) in [6, 6.07) is 11.9. The van der Waals surface area contributed by atoms with Gasteiger partial charge in [-0.05, 0) is 30.0 Å². The second kappa shape index (κ2) is 6.78. The van der Waals surface area contributed by atoms with Gasteiger partial charge in [-0.15, -0.1) is 0 Å². The lowest BCUT2D eigenvalue weighted by molar-refractivity contribution is 0.0892. The summed E-state index contributed by atoms with van der Waals surface area (Å²) in [6.45, 7) is 2.14. The van der Waals surface area contributed by atoms with E-state index in [0.29, 0.717) is 27.8 Å². The summed E-state index contributed by atoms with van der Waals surface area (Å²) in [5, 5.41) is 0.621. The van der Waals surface area contributed by atoms with Crippen molar-refractivity contribution in [3.63, 3.8) is 0 Å². The lowest BCUT2D eigenvalue weighted by Gasteiger charge is -2.28. The number of Topliss-reactive ketones (excluding diaryl/α,β-unsaturated/α-hetero) is 1. The van der Waals surface area contributed by atoms with Crippen LogP contribution in [0.4, 0.5) is 0 Å². The van der Waals surface area contributed by atoms with Gasteiger partial charge in [-0.2, -0.15) is 0 Å². The zero-order valence-electron chi connectivity index (χ0n) is 13.9. The number of benzene rings is 2. The van der Waals surface area contributed by atoms with Gasteiger partial charge in [0.25, 0.3) is 0 Å². The molecule has 0 fully saturated rings. The van der Waals surface area contributed by atoms with Gasteiger partial charge in [-0.1, -0.05) is 73.3 Å². The van der Waals surface area contributed by atoms with E-state index in [4.69, 9.17) is 27.9 Å². The molecule has 2 nitrogen and oxygen atoms in total. The second-order valence-electron chi connectivity index (χ2n) is 6.30. The van der Waals surface area contributed by atoms with E-state index in [1.807, 2.05) is 36.4 Å². The fraction of sp³-hybridized carbons (Fsp3) is 0.350. The molecule has 1 unspecified atom stereocenters. The van der Waals surface area contributed by atoms with Gasteiger partial charge in [-0.25, -0.2) is 0 Å². The quantitative estimate of drug-likeness (QED) is 0.664. The van der Waals surface area contributed by atoms with Crippen LogP contribution in [0.15, 0.2) is 36.4 Å². The highest BCUT2D eigenvalue weighted by atomic mass is 35.5. The van der Waals surface area contributed by atoms with Crippen molar-refractivity contribution in [1.82, 2.24) is 0 Å². The molecular weight excluding hydrogens is 343 g/mol. The normalized spacial score (nSPS) is 19.4. The number of fused-ring (bicyclic) bond motifs is 1. The van der Waals surface area contributed by atoms with Crippen LogP contribution < -0.4 is 4.74 Å². The van der Waals surface area contributed by atoms with Crippen LogP contribution in [0.5, 0.6) is 5.75 Å². The molecule has 0 aromatic heterocycles. The maximum Gasteiger partial charge on any atom is 0.175 e. The molecule has 2 aromatic rings. The number of halogens is 2. The summed E-state index contributed by atoms with van der Waals surface area (Å²) in [6.07, 6.45) is 3.46. The third-order valence-corrected chi connectivity index (χ3v) is 5.76. The van der Waals surface area contributed by atoms with Crippen molar-refractivity contribution in [3.8, 4) is 5.75 Å². The van der Waals surface area contributed by atoms with Crippen LogP contribution in [-0.4, -0.2) is 12.9 Å². The van der Waals surface area contributed by atoms with Crippen LogP contribution in [0.25, 0.3) is 0 Å². The van der Waals surface area contributed by atoms with Crippen molar-refractivity contribution in [1.29, 1.82) is 0 Å². The van der Waals surface area contributed by atoms with Crippen molar-refractivity contribution in [2.24, 2.45) is 0 Å². The first-order chi connectivity index (χ1) is 11.5. The Labute approximate surface area is 152 Å². The van der Waals surface area contributed by atoms with Crippen LogP contribution in [0.1, 0.15) is 47.7 Å². The Morgan fingerprint density at radius 1 is 1.17 bits per heavy atom. The molecule has 3 rings (SSSR count). The lowest BCUT2D eigenvalue weighted by atomic mass is 9.73. The molecule has 0 aliphatic heterocycles. The fourth-order valence-corrected chi connectivity index (χ4v) is 4.17. The minimum atomic E-state index is -0.557. The Morgan fingerprint density at radius 2 is 1.88 bits per heavy atom. The van der Waals surface area contributed by atoms with E-state index in [1.165, 1.54) is 0 Å². The SMILES string of the molecule is CCCCC1(c2ccccc2)Cc2cc(OC)c(Cl)c(Cl)c2C1=O. The van der Waals surface area contributed by atoms with Crippen LogP contribution in [0.3, 0.4) is 0 Å². The average molecular weight is 363 g/mol. The van der Waals surface area contributed by atoms with E-state index >= 15 is 0 Å². The maximum atomic E-state index is 13.4. The van der Waals surface area contributed by atoms with E-state index < -0.39 is 5.41 Å². The predicted molar refractivity (Wildman–Crippen MR) is 98.7 cm³/mol. The number of ether oxygens (including phenoxy) is 1. The average Bonchev–Trinajstić information content (AvgIpc) is 2.90. The number of unbranched alkanes of at least 4 members (excludes halogenated alkanes) is 1. The van der Waals surface area contributed by atoms with Crippen molar-refractivity contribution in [3.05, 3.63) is 63.1 Å². The molecule has 0 N–H and O–H groups in total. The summed E-state index contributed by atoms with van der Waals surface area (Å²) >= 11 is 12.7. The van der Waals surface area contributed by atoms with Gasteiger partial charge < -0.3 is 4.74 Å². The van der Waals surface area contributed by atoms with E-state index in [9.17, 15) is 4.79 Å². The number of methoxy groups -OCH3 is 1. The Hall–Kier alpha value is -1.51. The van der Waals surface area contributed by atoms with Crippen LogP contribution >= 0.6 is 23.2 Å². The Balaban J connectivity index is 2.17. The molecule has 0 bridgehead atoms. The van der Waals surface area contributed by atoms with E-state index in [0.717, 1.165) is 30.4 Å². The zero-order valence-corrected chi connectivity index (χ0v) is 15.4. The second-order valence-corrected chi connectivity index (χ2v) is 7.05. The first-order valence-electron chi connectivity index (χ1n) is 8.20. The van der Waals surface area contributed by atoms with Gasteiger partial charge in [0.05, 0.1) is 17.5 Å². The maximum absolute atomic E-state index is 13.4. The summed E-state index contributed by atoms with van der Waals surface area (Å²) in [5.74, 6) is 0.597. The zero-order chi connectivity index (χ0) is 17.3. The number of hydrogen-bond acceptors (Lipinski definition) is 2. The molecule has 126 valence electrons. The minimum absolute atomic E-state index is 0.0757. The van der Waals surface area contributed by atoms with Gasteiger partial charge in [-0.3, -0.25) is 4.79 Å². The molecule has 24 heavy (non-hydrogen) atoms. The highest BCUT2D eigenvalue weighted by Crippen LogP contribution is 2.49. The highest BCUT2D eigenvalue weighted by Gasteiger charge is 2.47. The first-order valence-corrected chi connectivity index (χ1v) is 8.96. The molecule has 0 saturated heterocycles. The monoisotopic (exact) mass is 362 g/mol. The van der Waals surface area contributed by atoms with Crippen molar-refractivity contribution >= 4 is 29.0 Å². The van der Waals surface area contributed by atoms with Gasteiger partial charge in [0, 0.05) is 5.56 Å². The summed E-state index contributed by atoms with van der Waals surface area (Å²) < 4.78 is 5.31. The van der Waals surface area contributed by atoms with Crippen molar-refractivity contribution in [2.45, 2.75) is 38.0 Å². The van der Waals surface area contributed by atoms with Crippen molar-refractivity contribution in [2.75, 3.05) is 7.11 Å². The van der Waals surface area contributed by atoms with Crippen LogP contribution in [-0.2, 0) is 11.8 Å². The Bertz CT molecular complexity index is 771. The number of ketones is 1. The van der Waals surface area contributed by atoms with Crippen molar-refractivity contribution < 1.29 is 9.53 Å². The predicted octanol–water partition coefficient (Wildman–Crippen LogP) is 5.87. The largest absolute Gasteiger partial charge is 0.495 e. The Kier molecular flexibility index (Phi) is 4.89. The van der Waals surface area contributed by atoms with E-state index in [1.54, 1.807) is 7.11 Å². The standard InChI is InChI=1S/C20H20Cl2O2/c1-3-4-10-20(14-8-6-5-7-9-14)12-13-11-15(24-2)17(21)18(22)16(13)19(20)23/h5-9,11H,3-4,10,12H2,1-2H3. The van der Waals surface area contributed by atoms with Gasteiger partial charge in [0.2, 0.25) is 0 Å². The number of hydrogen-bond donors (Lipinski definition) is 0. The third kappa shape index (κ3) is 2.62. The summed E-state index contributed by atoms with van der Waals surface area (Å²) in [4.78, 5) is 13.4. The topological polar surface area (TPSA) is 26.3 Å². The van der Waals surface area contributed by atoms with E-state index in [-0.39, 0.29) is 5.78 Å². The molecule has 0 radical (unpaired) electrons. The molecule has 1 aliphatic rings. The molecule has 0 heterocycles. The van der Waals surface area contributed by atoms with Crippen LogP contribution in [0.2, 0.25) is 10.0 Å². The molecule has 0 saturated carbocycles. The molecule has 0 amide bonds. The van der Waals surface area contributed by atoms with E-state index in [2.05, 4.69) is 6.92 Å². The summed E-state index contributed by atoms with van der Waals surface area (Å²) in [7, 11) is 1.56. The molecule has 1 aliphatic carbocycles. The van der Waals surface area contributed by atoms with Crippen LogP contribution in [0, 0.1) is 0 Å². The lowest BCUT2D eigenvalue weighted by Crippen LogP contribution is -2.33. The fourth-order valence-electron chi connectivity index (χ4n) is 3.65. The molecule has 0 spiro atoms. The molecule has 4 heteroatoms. The highest BCUT2D eigenvalue weighted by molar-refractivity contribution is 6.45. The number of carbonyl (C=O) groups excluding carboxylic acids is 1. The summed E-state index contributed by atoms with van der Waals surface area (Å²) in [5.41, 5.74) is 1.97. The molecular formula is C20H20Cl2O2. The molecule has 1 atom stereocenters. The minimum Gasteiger partial charge on any atom is -0.495 e. The number of rotatable bonds is 5. The van der Waals surface area contributed by atoms with Gasteiger partial charge >= 0.3 is 0 Å². The Morgan fingerprint density at radius 3 is 2.50 bits per heavy atom. The first kappa shape index (κ1) is 17.3. The third-order valence-electron chi connectivity index (χ3n) is 4.91. The smallest absolute Gasteiger partial charge is 0.175 e. The van der Waals surface area contributed by atoms with Gasteiger partial charge in [0.1, 0.15) is 10.8 Å². The molecule has 2 aromatic carbocycles. The van der Waals surface area contributed by atoms with Gasteiger partial charge in [0.15, 0.2) is 5.78 Å². The number of carbonyl (C=O) groups is 1.